The summed E-state index contributed by atoms with van der Waals surface area (Å²) in [6.45, 7) is 0. The lowest BCUT2D eigenvalue weighted by Gasteiger charge is -2.19. The fraction of sp³-hybridized carbons (Fsp3) is 0. The van der Waals surface area contributed by atoms with Gasteiger partial charge in [0.15, 0.2) is 0 Å². The highest BCUT2D eigenvalue weighted by molar-refractivity contribution is 6.29. The van der Waals surface area contributed by atoms with Crippen LogP contribution in [0.25, 0.3) is 82.5 Å². The zero-order chi connectivity index (χ0) is 32.6. The third kappa shape index (κ3) is 3.62. The van der Waals surface area contributed by atoms with Crippen LogP contribution < -0.4 is 0 Å². The van der Waals surface area contributed by atoms with Crippen LogP contribution in [-0.2, 0) is 0 Å². The van der Waals surface area contributed by atoms with Crippen molar-refractivity contribution in [2.45, 2.75) is 0 Å². The molecular formula is C44H25N5. The van der Waals surface area contributed by atoms with E-state index in [2.05, 4.69) is 129 Å². The largest absolute Gasteiger partial charge is 0.309 e. The number of hydrogen-bond donors (Lipinski definition) is 0. The van der Waals surface area contributed by atoms with Gasteiger partial charge >= 0.3 is 0 Å². The number of hydrogen-bond acceptors (Lipinski definition) is 2. The fourth-order valence-corrected chi connectivity index (χ4v) is 7.99. The van der Waals surface area contributed by atoms with E-state index in [0.29, 0.717) is 22.5 Å². The Labute approximate surface area is 280 Å². The monoisotopic (exact) mass is 623 g/mol. The molecule has 0 bridgehead atoms. The van der Waals surface area contributed by atoms with Crippen molar-refractivity contribution in [1.82, 2.24) is 13.7 Å². The molecule has 0 radical (unpaired) electrons. The smallest absolute Gasteiger partial charge is 0.101 e. The van der Waals surface area contributed by atoms with E-state index >= 15 is 0 Å². The van der Waals surface area contributed by atoms with E-state index in [1.54, 1.807) is 12.1 Å². The summed E-state index contributed by atoms with van der Waals surface area (Å²) in [5.74, 6) is 0. The predicted molar refractivity (Wildman–Crippen MR) is 199 cm³/mol. The molecule has 0 aliphatic carbocycles. The molecule has 0 spiro atoms. The molecular weight excluding hydrogens is 599 g/mol. The van der Waals surface area contributed by atoms with Gasteiger partial charge in [0, 0.05) is 38.0 Å². The van der Waals surface area contributed by atoms with Gasteiger partial charge in [-0.15, -0.1) is 0 Å². The van der Waals surface area contributed by atoms with Crippen molar-refractivity contribution < 1.29 is 0 Å². The Balaban J connectivity index is 1.43. The van der Waals surface area contributed by atoms with E-state index in [1.807, 2.05) is 36.4 Å². The Morgan fingerprint density at radius 2 is 0.694 bits per heavy atom. The van der Waals surface area contributed by atoms with Gasteiger partial charge in [-0.2, -0.15) is 10.5 Å². The lowest BCUT2D eigenvalue weighted by atomic mass is 10.0. The average molecular weight is 624 g/mol. The van der Waals surface area contributed by atoms with Gasteiger partial charge in [-0.05, 0) is 60.7 Å². The molecule has 49 heavy (non-hydrogen) atoms. The Hall–Kier alpha value is -7.08. The first-order valence-electron chi connectivity index (χ1n) is 16.3. The summed E-state index contributed by atoms with van der Waals surface area (Å²) in [6, 6.07) is 56.9. The third-order valence-corrected chi connectivity index (χ3v) is 9.91. The van der Waals surface area contributed by atoms with Crippen molar-refractivity contribution in [3.05, 3.63) is 163 Å². The van der Waals surface area contributed by atoms with Gasteiger partial charge in [0.25, 0.3) is 0 Å². The summed E-state index contributed by atoms with van der Waals surface area (Å²) >= 11 is 0. The Morgan fingerprint density at radius 1 is 0.327 bits per heavy atom. The average Bonchev–Trinajstić information content (AvgIpc) is 3.80. The number of nitriles is 2. The first kappa shape index (κ1) is 27.1. The van der Waals surface area contributed by atoms with Gasteiger partial charge in [0.05, 0.1) is 55.6 Å². The molecule has 5 heteroatoms. The molecule has 0 N–H and O–H groups in total. The van der Waals surface area contributed by atoms with Crippen LogP contribution >= 0.6 is 0 Å². The number of nitrogens with zero attached hydrogens (tertiary/aromatic N) is 5. The van der Waals surface area contributed by atoms with Crippen LogP contribution in [0.3, 0.4) is 0 Å². The lowest BCUT2D eigenvalue weighted by molar-refractivity contribution is 1.08. The Kier molecular flexibility index (Phi) is 5.64. The fourth-order valence-electron chi connectivity index (χ4n) is 7.99. The zero-order valence-corrected chi connectivity index (χ0v) is 26.2. The van der Waals surface area contributed by atoms with Crippen LogP contribution in [0.2, 0.25) is 0 Å². The third-order valence-electron chi connectivity index (χ3n) is 9.91. The van der Waals surface area contributed by atoms with Gasteiger partial charge in [-0.1, -0.05) is 91.0 Å². The highest BCUT2D eigenvalue weighted by atomic mass is 15.1. The van der Waals surface area contributed by atoms with Gasteiger partial charge in [0.1, 0.15) is 12.1 Å². The van der Waals surface area contributed by atoms with Crippen molar-refractivity contribution in [2.75, 3.05) is 0 Å². The molecule has 3 aromatic heterocycles. The number of benzene rings is 7. The van der Waals surface area contributed by atoms with Crippen molar-refractivity contribution in [1.29, 1.82) is 10.5 Å². The molecule has 0 saturated carbocycles. The van der Waals surface area contributed by atoms with Crippen molar-refractivity contribution in [3.63, 3.8) is 0 Å². The molecule has 0 aliphatic heterocycles. The molecule has 5 nitrogen and oxygen atoms in total. The van der Waals surface area contributed by atoms with E-state index < -0.39 is 0 Å². The van der Waals surface area contributed by atoms with Crippen LogP contribution in [0.1, 0.15) is 11.1 Å². The molecule has 10 rings (SSSR count). The van der Waals surface area contributed by atoms with Gasteiger partial charge in [-0.3, -0.25) is 0 Å². The number of rotatable bonds is 3. The van der Waals surface area contributed by atoms with E-state index in [0.717, 1.165) is 71.1 Å². The summed E-state index contributed by atoms with van der Waals surface area (Å²) in [5.41, 5.74) is 9.58. The summed E-state index contributed by atoms with van der Waals surface area (Å²) in [6.07, 6.45) is 0. The van der Waals surface area contributed by atoms with E-state index in [4.69, 9.17) is 0 Å². The molecule has 226 valence electrons. The van der Waals surface area contributed by atoms with E-state index in [1.165, 1.54) is 0 Å². The Bertz CT molecular complexity index is 3020. The highest BCUT2D eigenvalue weighted by Gasteiger charge is 2.26. The highest BCUT2D eigenvalue weighted by Crippen LogP contribution is 2.45. The minimum absolute atomic E-state index is 0.491. The molecule has 0 amide bonds. The maximum atomic E-state index is 10.8. The van der Waals surface area contributed by atoms with Gasteiger partial charge < -0.3 is 13.7 Å². The number of fused-ring (bicyclic) bond motifs is 10. The zero-order valence-electron chi connectivity index (χ0n) is 26.2. The van der Waals surface area contributed by atoms with Crippen molar-refractivity contribution in [3.8, 4) is 29.2 Å². The van der Waals surface area contributed by atoms with E-state index in [-0.39, 0.29) is 0 Å². The number of aromatic nitrogens is 3. The van der Waals surface area contributed by atoms with Crippen LogP contribution in [0.15, 0.2) is 152 Å². The molecule has 7 aromatic carbocycles. The SMILES string of the molecule is N#Cc1ccc(C#N)c(-n2c3ccccc3c3c4c5ccccc5n(-c5ccccc5)c4ccc32)c1-n1c2ccccc2c2ccccc21. The lowest BCUT2D eigenvalue weighted by Crippen LogP contribution is -2.08. The van der Waals surface area contributed by atoms with Crippen LogP contribution in [-0.4, -0.2) is 13.7 Å². The van der Waals surface area contributed by atoms with Crippen molar-refractivity contribution in [2.24, 2.45) is 0 Å². The van der Waals surface area contributed by atoms with Crippen LogP contribution in [0, 0.1) is 22.7 Å². The summed E-state index contributed by atoms with van der Waals surface area (Å²) < 4.78 is 6.70. The molecule has 0 atom stereocenters. The predicted octanol–water partition coefficient (Wildman–Crippen LogP) is 10.7. The van der Waals surface area contributed by atoms with Gasteiger partial charge in [0.2, 0.25) is 0 Å². The summed E-state index contributed by atoms with van der Waals surface area (Å²) in [5, 5.41) is 28.1. The van der Waals surface area contributed by atoms with Gasteiger partial charge in [-0.25, -0.2) is 0 Å². The van der Waals surface area contributed by atoms with Crippen LogP contribution in [0.5, 0.6) is 0 Å². The molecule has 0 aliphatic rings. The second kappa shape index (κ2) is 10.2. The first-order valence-corrected chi connectivity index (χ1v) is 16.3. The minimum atomic E-state index is 0.491. The normalized spacial score (nSPS) is 11.6. The quantitative estimate of drug-likeness (QED) is 0.197. The maximum absolute atomic E-state index is 10.8. The molecule has 0 unspecified atom stereocenters. The molecule has 10 aromatic rings. The minimum Gasteiger partial charge on any atom is -0.309 e. The molecule has 0 saturated heterocycles. The number of para-hydroxylation sites is 5. The second-order valence-corrected chi connectivity index (χ2v) is 12.3. The second-order valence-electron chi connectivity index (χ2n) is 12.3. The Morgan fingerprint density at radius 3 is 1.18 bits per heavy atom. The first-order chi connectivity index (χ1) is 24.3. The van der Waals surface area contributed by atoms with Crippen LogP contribution in [0.4, 0.5) is 0 Å². The van der Waals surface area contributed by atoms with E-state index in [9.17, 15) is 10.5 Å². The summed E-state index contributed by atoms with van der Waals surface area (Å²) in [4.78, 5) is 0. The molecule has 0 fully saturated rings. The maximum Gasteiger partial charge on any atom is 0.101 e. The topological polar surface area (TPSA) is 62.4 Å². The van der Waals surface area contributed by atoms with Crippen molar-refractivity contribution >= 4 is 65.4 Å². The standard InChI is InChI=1S/C44H25N5/c45-26-28-22-23-29(27-46)44(43(28)48-35-18-8-4-14-31(35)32-15-5-9-19-36(32)48)49-38-21-11-7-17-34(38)42-40(49)25-24-39-41(42)33-16-6-10-20-37(33)47(39)30-12-2-1-3-13-30/h1-25H. The molecule has 3 heterocycles. The summed E-state index contributed by atoms with van der Waals surface area (Å²) in [7, 11) is 0.